The van der Waals surface area contributed by atoms with Gasteiger partial charge in [-0.2, -0.15) is 0 Å². The summed E-state index contributed by atoms with van der Waals surface area (Å²) in [6.07, 6.45) is -2.98. The SMILES string of the molecule is C#CCOCCOCCOCCC(=O)Nc1ccc(O[C@H]2O[C@H](CCP(=O)(O)O)[C@@H](O)[C@H](O)[C@@H]2O)cc1. The van der Waals surface area contributed by atoms with Gasteiger partial charge in [0.1, 0.15) is 30.7 Å². The molecule has 6 N–H and O–H groups in total. The van der Waals surface area contributed by atoms with Crippen LogP contribution in [-0.4, -0.2) is 108 Å². The van der Waals surface area contributed by atoms with Crippen LogP contribution < -0.4 is 10.1 Å². The fourth-order valence-corrected chi connectivity index (χ4v) is 3.85. The molecule has 0 spiro atoms. The second-order valence-electron chi connectivity index (χ2n) is 8.11. The number of terminal acetylenes is 1. The highest BCUT2D eigenvalue weighted by Gasteiger charge is 2.45. The number of carbonyl (C=O) groups is 1. The summed E-state index contributed by atoms with van der Waals surface area (Å²) in [6, 6.07) is 6.09. The number of anilines is 1. The Labute approximate surface area is 214 Å². The third-order valence-electron chi connectivity index (χ3n) is 5.17. The lowest BCUT2D eigenvalue weighted by molar-refractivity contribution is -0.272. The lowest BCUT2D eigenvalue weighted by Gasteiger charge is -2.40. The normalized spacial score (nSPS) is 23.8. The van der Waals surface area contributed by atoms with E-state index >= 15 is 0 Å². The molecule has 37 heavy (non-hydrogen) atoms. The van der Waals surface area contributed by atoms with Gasteiger partial charge < -0.3 is 54.1 Å². The lowest BCUT2D eigenvalue weighted by Crippen LogP contribution is -2.59. The molecule has 13 nitrogen and oxygen atoms in total. The molecule has 1 aliphatic heterocycles. The molecule has 1 aromatic rings. The molecular weight excluding hydrogens is 513 g/mol. The van der Waals surface area contributed by atoms with Gasteiger partial charge in [-0.1, -0.05) is 5.92 Å². The Balaban J connectivity index is 1.71. The summed E-state index contributed by atoms with van der Waals surface area (Å²) < 4.78 is 37.8. The molecule has 1 aliphatic rings. The van der Waals surface area contributed by atoms with Crippen LogP contribution >= 0.6 is 7.60 Å². The van der Waals surface area contributed by atoms with Crippen molar-refractivity contribution in [3.05, 3.63) is 24.3 Å². The topological polar surface area (TPSA) is 193 Å². The average Bonchev–Trinajstić information content (AvgIpc) is 2.85. The Morgan fingerprint density at radius 1 is 0.973 bits per heavy atom. The Hall–Kier alpha value is -2.08. The summed E-state index contributed by atoms with van der Waals surface area (Å²) >= 11 is 0. The molecule has 2 rings (SSSR count). The number of hydrogen-bond donors (Lipinski definition) is 6. The van der Waals surface area contributed by atoms with Crippen molar-refractivity contribution in [1.82, 2.24) is 0 Å². The van der Waals surface area contributed by atoms with Crippen LogP contribution in [0.25, 0.3) is 0 Å². The van der Waals surface area contributed by atoms with Crippen LogP contribution in [0.5, 0.6) is 5.75 Å². The first-order valence-electron chi connectivity index (χ1n) is 11.6. The predicted octanol–water partition coefficient (Wildman–Crippen LogP) is -0.548. The molecule has 1 aromatic carbocycles. The highest BCUT2D eigenvalue weighted by Crippen LogP contribution is 2.37. The number of rotatable bonds is 16. The number of nitrogens with one attached hydrogen (secondary N) is 1. The second-order valence-corrected chi connectivity index (χ2v) is 9.89. The van der Waals surface area contributed by atoms with Crippen molar-refractivity contribution in [2.75, 3.05) is 51.1 Å². The zero-order chi connectivity index (χ0) is 27.3. The van der Waals surface area contributed by atoms with E-state index in [-0.39, 0.29) is 37.7 Å². The first-order chi connectivity index (χ1) is 17.6. The van der Waals surface area contributed by atoms with E-state index in [4.69, 9.17) is 39.9 Å². The van der Waals surface area contributed by atoms with Crippen LogP contribution in [0.3, 0.4) is 0 Å². The van der Waals surface area contributed by atoms with E-state index in [1.54, 1.807) is 12.1 Å². The van der Waals surface area contributed by atoms with Gasteiger partial charge in [0.2, 0.25) is 12.2 Å². The molecule has 1 heterocycles. The van der Waals surface area contributed by atoms with Gasteiger partial charge in [0.15, 0.2) is 0 Å². The summed E-state index contributed by atoms with van der Waals surface area (Å²) in [4.78, 5) is 30.2. The first-order valence-corrected chi connectivity index (χ1v) is 13.4. The molecule has 1 amide bonds. The molecule has 208 valence electrons. The van der Waals surface area contributed by atoms with Crippen LogP contribution in [0, 0.1) is 12.3 Å². The van der Waals surface area contributed by atoms with E-state index in [0.717, 1.165) is 0 Å². The third kappa shape index (κ3) is 11.9. The van der Waals surface area contributed by atoms with E-state index < -0.39 is 44.5 Å². The number of benzene rings is 1. The van der Waals surface area contributed by atoms with Crippen molar-refractivity contribution in [2.45, 2.75) is 43.5 Å². The fourth-order valence-electron chi connectivity index (χ4n) is 3.26. The first kappa shape index (κ1) is 31.1. The van der Waals surface area contributed by atoms with Crippen molar-refractivity contribution >= 4 is 19.2 Å². The van der Waals surface area contributed by atoms with Gasteiger partial charge in [0, 0.05) is 5.69 Å². The highest BCUT2D eigenvalue weighted by atomic mass is 31.2. The Bertz CT molecular complexity index is 902. The van der Waals surface area contributed by atoms with Crippen LogP contribution in [-0.2, 0) is 28.3 Å². The molecule has 5 atom stereocenters. The number of aliphatic hydroxyl groups is 3. The van der Waals surface area contributed by atoms with Gasteiger partial charge >= 0.3 is 7.60 Å². The van der Waals surface area contributed by atoms with E-state index in [1.165, 1.54) is 12.1 Å². The monoisotopic (exact) mass is 547 g/mol. The Kier molecular flexibility index (Phi) is 13.5. The highest BCUT2D eigenvalue weighted by molar-refractivity contribution is 7.51. The van der Waals surface area contributed by atoms with Crippen LogP contribution in [0.15, 0.2) is 24.3 Å². The molecule has 0 aromatic heterocycles. The van der Waals surface area contributed by atoms with Gasteiger partial charge in [-0.25, -0.2) is 0 Å². The minimum absolute atomic E-state index is 0.127. The van der Waals surface area contributed by atoms with Crippen LogP contribution in [0.4, 0.5) is 5.69 Å². The van der Waals surface area contributed by atoms with Gasteiger partial charge in [0.05, 0.1) is 51.7 Å². The quantitative estimate of drug-likeness (QED) is 0.0880. The van der Waals surface area contributed by atoms with E-state index in [9.17, 15) is 24.7 Å². The summed E-state index contributed by atoms with van der Waals surface area (Å²) in [5.41, 5.74) is 0.479. The van der Waals surface area contributed by atoms with Crippen molar-refractivity contribution in [2.24, 2.45) is 0 Å². The minimum atomic E-state index is -4.35. The van der Waals surface area contributed by atoms with Crippen molar-refractivity contribution in [1.29, 1.82) is 0 Å². The maximum Gasteiger partial charge on any atom is 0.325 e. The van der Waals surface area contributed by atoms with E-state index in [0.29, 0.717) is 32.1 Å². The maximum absolute atomic E-state index is 12.1. The van der Waals surface area contributed by atoms with Gasteiger partial charge in [-0.05, 0) is 30.7 Å². The second kappa shape index (κ2) is 16.0. The summed E-state index contributed by atoms with van der Waals surface area (Å²) in [5.74, 6) is 2.31. The van der Waals surface area contributed by atoms with Crippen molar-refractivity contribution in [3.8, 4) is 18.1 Å². The molecule has 0 aliphatic carbocycles. The molecule has 14 heteroatoms. The molecule has 1 saturated heterocycles. The smallest absolute Gasteiger partial charge is 0.325 e. The average molecular weight is 547 g/mol. The molecule has 0 bridgehead atoms. The summed E-state index contributed by atoms with van der Waals surface area (Å²) in [6.45, 7) is 1.94. The standard InChI is InChI=1S/C23H34NO12P/c1-2-9-32-11-13-34-14-12-33-10-7-19(25)24-16-3-5-17(6-4-16)35-23-22(28)21(27)20(26)18(36-23)8-15-37(29,30)31/h1,3-6,18,20-23,26-28H,7-15H2,(H,24,25)(H2,29,30,31)/t18-,20-,21+,22+,23+/m1/s1. The largest absolute Gasteiger partial charge is 0.462 e. The van der Waals surface area contributed by atoms with E-state index in [2.05, 4.69) is 11.2 Å². The van der Waals surface area contributed by atoms with Crippen molar-refractivity contribution in [3.63, 3.8) is 0 Å². The van der Waals surface area contributed by atoms with Gasteiger partial charge in [-0.3, -0.25) is 9.36 Å². The van der Waals surface area contributed by atoms with Crippen LogP contribution in [0.1, 0.15) is 12.8 Å². The third-order valence-corrected chi connectivity index (χ3v) is 6.01. The lowest BCUT2D eigenvalue weighted by atomic mass is 9.97. The number of hydrogen-bond acceptors (Lipinski definition) is 10. The molecule has 0 unspecified atom stereocenters. The number of aliphatic hydroxyl groups excluding tert-OH is 3. The Morgan fingerprint density at radius 2 is 1.59 bits per heavy atom. The summed E-state index contributed by atoms with van der Waals surface area (Å²) in [7, 11) is -4.35. The molecule has 1 fully saturated rings. The number of amides is 1. The predicted molar refractivity (Wildman–Crippen MR) is 130 cm³/mol. The fraction of sp³-hybridized carbons (Fsp3) is 0.609. The summed E-state index contributed by atoms with van der Waals surface area (Å²) in [5, 5.41) is 33.0. The van der Waals surface area contributed by atoms with E-state index in [1.807, 2.05) is 0 Å². The van der Waals surface area contributed by atoms with Gasteiger partial charge in [0.25, 0.3) is 0 Å². The zero-order valence-corrected chi connectivity index (χ0v) is 21.1. The number of ether oxygens (including phenoxy) is 5. The zero-order valence-electron chi connectivity index (χ0n) is 20.2. The number of carbonyl (C=O) groups excluding carboxylic acids is 1. The van der Waals surface area contributed by atoms with Gasteiger partial charge in [-0.15, -0.1) is 6.42 Å². The minimum Gasteiger partial charge on any atom is -0.462 e. The molecule has 0 radical (unpaired) electrons. The van der Waals surface area contributed by atoms with Crippen LogP contribution in [0.2, 0.25) is 0 Å². The molecular formula is C23H34NO12P. The molecule has 0 saturated carbocycles. The van der Waals surface area contributed by atoms with Crippen molar-refractivity contribution < 1.29 is 58.2 Å². The Morgan fingerprint density at radius 3 is 2.22 bits per heavy atom. The maximum atomic E-state index is 12.1.